The van der Waals surface area contributed by atoms with E-state index in [1.807, 2.05) is 38.1 Å². The van der Waals surface area contributed by atoms with Crippen LogP contribution in [0, 0.1) is 6.92 Å². The average Bonchev–Trinajstić information content (AvgIpc) is 2.46. The van der Waals surface area contributed by atoms with E-state index in [2.05, 4.69) is 10.3 Å². The maximum atomic E-state index is 12.4. The van der Waals surface area contributed by atoms with Crippen LogP contribution in [0.5, 0.6) is 0 Å². The highest BCUT2D eigenvalue weighted by molar-refractivity contribution is 5.93. The number of hydrogen-bond donors (Lipinski definition) is 1. The van der Waals surface area contributed by atoms with Gasteiger partial charge in [-0.25, -0.2) is 0 Å². The maximum absolute atomic E-state index is 12.4. The van der Waals surface area contributed by atoms with Crippen molar-refractivity contribution in [2.45, 2.75) is 44.7 Å². The number of aryl methyl sites for hydroxylation is 1. The zero-order chi connectivity index (χ0) is 13.8. The van der Waals surface area contributed by atoms with Gasteiger partial charge in [0.1, 0.15) is 0 Å². The van der Waals surface area contributed by atoms with Gasteiger partial charge in [0.05, 0.1) is 5.56 Å². The molecule has 1 aliphatic carbocycles. The first-order chi connectivity index (χ1) is 9.11. The normalized spacial score (nSPS) is 23.1. The Morgan fingerprint density at radius 1 is 1.32 bits per heavy atom. The molecule has 2 rings (SSSR count). The topological polar surface area (TPSA) is 45.2 Å². The zero-order valence-electron chi connectivity index (χ0n) is 12.0. The third-order valence-electron chi connectivity index (χ3n) is 4.13. The van der Waals surface area contributed by atoms with Crippen LogP contribution in [0.3, 0.4) is 0 Å². The van der Waals surface area contributed by atoms with Crippen molar-refractivity contribution in [3.8, 4) is 0 Å². The van der Waals surface area contributed by atoms with Gasteiger partial charge in [-0.05, 0) is 51.8 Å². The Kier molecular flexibility index (Phi) is 4.53. The predicted octanol–water partition coefficient (Wildman–Crippen LogP) is 1.99. The number of carbonyl (C=O) groups is 1. The molecule has 1 aromatic heterocycles. The minimum absolute atomic E-state index is 0.0837. The van der Waals surface area contributed by atoms with Crippen molar-refractivity contribution in [3.05, 3.63) is 29.6 Å². The van der Waals surface area contributed by atoms with E-state index in [-0.39, 0.29) is 5.91 Å². The molecule has 0 atom stereocenters. The van der Waals surface area contributed by atoms with E-state index in [9.17, 15) is 4.79 Å². The molecule has 0 radical (unpaired) electrons. The molecule has 0 unspecified atom stereocenters. The fourth-order valence-electron chi connectivity index (χ4n) is 2.72. The summed E-state index contributed by atoms with van der Waals surface area (Å²) in [5.41, 5.74) is 1.62. The molecule has 1 amide bonds. The van der Waals surface area contributed by atoms with Gasteiger partial charge in [0, 0.05) is 31.0 Å². The lowest BCUT2D eigenvalue weighted by molar-refractivity contribution is 0.0685. The first-order valence-electron chi connectivity index (χ1n) is 6.99. The molecule has 4 nitrogen and oxygen atoms in total. The summed E-state index contributed by atoms with van der Waals surface area (Å²) in [4.78, 5) is 18.5. The Bertz CT molecular complexity index is 422. The number of aromatic nitrogens is 1. The van der Waals surface area contributed by atoms with Crippen molar-refractivity contribution in [1.82, 2.24) is 15.2 Å². The summed E-state index contributed by atoms with van der Waals surface area (Å²) >= 11 is 0. The molecule has 1 aromatic rings. The number of amides is 1. The highest BCUT2D eigenvalue weighted by Crippen LogP contribution is 2.23. The molecular weight excluding hydrogens is 238 g/mol. The van der Waals surface area contributed by atoms with Gasteiger partial charge in [0.2, 0.25) is 0 Å². The Morgan fingerprint density at radius 2 is 2.00 bits per heavy atom. The fourth-order valence-corrected chi connectivity index (χ4v) is 2.72. The van der Waals surface area contributed by atoms with Crippen LogP contribution in [0.4, 0.5) is 0 Å². The van der Waals surface area contributed by atoms with Gasteiger partial charge in [-0.1, -0.05) is 0 Å². The molecule has 1 N–H and O–H groups in total. The number of pyridine rings is 1. The van der Waals surface area contributed by atoms with Crippen molar-refractivity contribution >= 4 is 5.91 Å². The highest BCUT2D eigenvalue weighted by Gasteiger charge is 2.26. The number of hydrogen-bond acceptors (Lipinski definition) is 3. The van der Waals surface area contributed by atoms with Crippen LogP contribution in [0.15, 0.2) is 18.3 Å². The van der Waals surface area contributed by atoms with E-state index in [1.165, 1.54) is 0 Å². The fraction of sp³-hybridized carbons (Fsp3) is 0.600. The summed E-state index contributed by atoms with van der Waals surface area (Å²) in [7, 11) is 3.92. The minimum Gasteiger partial charge on any atom is -0.339 e. The molecule has 104 valence electrons. The van der Waals surface area contributed by atoms with Gasteiger partial charge in [0.25, 0.3) is 5.91 Å². The monoisotopic (exact) mass is 261 g/mol. The SMILES string of the molecule is CNC1CCC(N(C)C(=O)c2ccc(C)nc2)CC1. The largest absolute Gasteiger partial charge is 0.339 e. The lowest BCUT2D eigenvalue weighted by Crippen LogP contribution is -2.42. The first kappa shape index (κ1) is 14.0. The smallest absolute Gasteiger partial charge is 0.255 e. The van der Waals surface area contributed by atoms with Crippen LogP contribution in [-0.4, -0.2) is 42.0 Å². The van der Waals surface area contributed by atoms with E-state index in [1.54, 1.807) is 6.20 Å². The molecule has 19 heavy (non-hydrogen) atoms. The van der Waals surface area contributed by atoms with Crippen LogP contribution in [0.1, 0.15) is 41.7 Å². The molecule has 0 bridgehead atoms. The van der Waals surface area contributed by atoms with E-state index >= 15 is 0 Å². The maximum Gasteiger partial charge on any atom is 0.255 e. The molecule has 0 aromatic carbocycles. The van der Waals surface area contributed by atoms with E-state index in [0.29, 0.717) is 17.6 Å². The minimum atomic E-state index is 0.0837. The number of rotatable bonds is 3. The summed E-state index contributed by atoms with van der Waals surface area (Å²) < 4.78 is 0. The Labute approximate surface area is 115 Å². The van der Waals surface area contributed by atoms with Crippen LogP contribution in [-0.2, 0) is 0 Å². The Balaban J connectivity index is 1.98. The van der Waals surface area contributed by atoms with E-state index in [4.69, 9.17) is 0 Å². The standard InChI is InChI=1S/C15H23N3O/c1-11-4-5-12(10-17-11)15(19)18(3)14-8-6-13(16-2)7-9-14/h4-5,10,13-14,16H,6-9H2,1-3H3. The summed E-state index contributed by atoms with van der Waals surface area (Å²) in [6.45, 7) is 1.93. The second-order valence-electron chi connectivity index (χ2n) is 5.40. The van der Waals surface area contributed by atoms with E-state index < -0.39 is 0 Å². The molecule has 4 heteroatoms. The molecule has 1 heterocycles. The van der Waals surface area contributed by atoms with Crippen molar-refractivity contribution in [2.75, 3.05) is 14.1 Å². The lowest BCUT2D eigenvalue weighted by Gasteiger charge is -2.34. The molecular formula is C15H23N3O. The summed E-state index contributed by atoms with van der Waals surface area (Å²) in [5, 5.41) is 3.32. The van der Waals surface area contributed by atoms with Crippen LogP contribution in [0.25, 0.3) is 0 Å². The molecule has 1 aliphatic rings. The van der Waals surface area contributed by atoms with Crippen LogP contribution < -0.4 is 5.32 Å². The van der Waals surface area contributed by atoms with Crippen molar-refractivity contribution in [3.63, 3.8) is 0 Å². The zero-order valence-corrected chi connectivity index (χ0v) is 12.0. The highest BCUT2D eigenvalue weighted by atomic mass is 16.2. The molecule has 1 fully saturated rings. The summed E-state index contributed by atoms with van der Waals surface area (Å²) in [6, 6.07) is 4.72. The third kappa shape index (κ3) is 3.32. The molecule has 0 spiro atoms. The van der Waals surface area contributed by atoms with Crippen LogP contribution >= 0.6 is 0 Å². The quantitative estimate of drug-likeness (QED) is 0.905. The average molecular weight is 261 g/mol. The second-order valence-corrected chi connectivity index (χ2v) is 5.40. The lowest BCUT2D eigenvalue weighted by atomic mass is 9.90. The van der Waals surface area contributed by atoms with Crippen molar-refractivity contribution < 1.29 is 4.79 Å². The first-order valence-corrected chi connectivity index (χ1v) is 6.99. The third-order valence-corrected chi connectivity index (χ3v) is 4.13. The Morgan fingerprint density at radius 3 is 2.53 bits per heavy atom. The van der Waals surface area contributed by atoms with E-state index in [0.717, 1.165) is 31.4 Å². The molecule has 0 aliphatic heterocycles. The summed E-state index contributed by atoms with van der Waals surface area (Å²) in [5.74, 6) is 0.0837. The number of nitrogens with one attached hydrogen (secondary N) is 1. The molecule has 1 saturated carbocycles. The van der Waals surface area contributed by atoms with Gasteiger partial charge in [0.15, 0.2) is 0 Å². The molecule has 0 saturated heterocycles. The number of carbonyl (C=O) groups excluding carboxylic acids is 1. The predicted molar refractivity (Wildman–Crippen MR) is 76.2 cm³/mol. The second kappa shape index (κ2) is 6.15. The van der Waals surface area contributed by atoms with Gasteiger partial charge in [-0.15, -0.1) is 0 Å². The van der Waals surface area contributed by atoms with Gasteiger partial charge in [-0.2, -0.15) is 0 Å². The van der Waals surface area contributed by atoms with Crippen molar-refractivity contribution in [1.29, 1.82) is 0 Å². The summed E-state index contributed by atoms with van der Waals surface area (Å²) in [6.07, 6.45) is 6.11. The Hall–Kier alpha value is -1.42. The van der Waals surface area contributed by atoms with Gasteiger partial charge in [-0.3, -0.25) is 9.78 Å². The van der Waals surface area contributed by atoms with Gasteiger partial charge >= 0.3 is 0 Å². The van der Waals surface area contributed by atoms with Gasteiger partial charge < -0.3 is 10.2 Å². The van der Waals surface area contributed by atoms with Crippen LogP contribution in [0.2, 0.25) is 0 Å². The van der Waals surface area contributed by atoms with Crippen molar-refractivity contribution in [2.24, 2.45) is 0 Å². The number of nitrogens with zero attached hydrogens (tertiary/aromatic N) is 2.